The molecule has 10 nitrogen and oxygen atoms in total. The van der Waals surface area contributed by atoms with E-state index in [2.05, 4.69) is 16.0 Å². The number of ether oxygens (including phenoxy) is 1. The number of nitrogens with one attached hydrogen (secondary N) is 3. The average molecular weight is 545 g/mol. The molecule has 1 saturated heterocycles. The zero-order valence-corrected chi connectivity index (χ0v) is 23.3. The van der Waals surface area contributed by atoms with Crippen molar-refractivity contribution in [2.24, 2.45) is 5.92 Å². The highest BCUT2D eigenvalue weighted by atomic mass is 16.5. The molecule has 4 rings (SSSR count). The Morgan fingerprint density at radius 2 is 1.74 bits per heavy atom. The lowest BCUT2D eigenvalue weighted by Crippen LogP contribution is -2.65. The van der Waals surface area contributed by atoms with Gasteiger partial charge in [0.2, 0.25) is 11.7 Å². The lowest BCUT2D eigenvalue weighted by molar-refractivity contribution is -0.141. The molecule has 0 spiro atoms. The van der Waals surface area contributed by atoms with Crippen molar-refractivity contribution in [1.82, 2.24) is 20.9 Å². The van der Waals surface area contributed by atoms with E-state index < -0.39 is 23.3 Å². The highest BCUT2D eigenvalue weighted by molar-refractivity contribution is 6.38. The summed E-state index contributed by atoms with van der Waals surface area (Å²) in [6.45, 7) is 5.78. The lowest BCUT2D eigenvalue weighted by atomic mass is 9.80. The van der Waals surface area contributed by atoms with Crippen molar-refractivity contribution in [1.29, 1.82) is 0 Å². The maximum absolute atomic E-state index is 13.8. The van der Waals surface area contributed by atoms with E-state index >= 15 is 0 Å². The molecule has 2 saturated carbocycles. The highest BCUT2D eigenvalue weighted by Crippen LogP contribution is 2.33. The van der Waals surface area contributed by atoms with Crippen LogP contribution in [0.15, 0.2) is 22.8 Å². The van der Waals surface area contributed by atoms with Gasteiger partial charge in [0.1, 0.15) is 11.3 Å². The van der Waals surface area contributed by atoms with E-state index in [4.69, 9.17) is 9.15 Å². The number of carbonyl (C=O) groups is 4. The van der Waals surface area contributed by atoms with Crippen molar-refractivity contribution in [3.63, 3.8) is 0 Å². The van der Waals surface area contributed by atoms with Gasteiger partial charge in [-0.15, -0.1) is 0 Å². The minimum absolute atomic E-state index is 0.0181. The standard InChI is InChI=1S/C29H44N4O6/c1-20(2)19-23(25(34)26(35)30-22-10-5-4-9-21(22)24-11-8-16-39-24)31-27(36)29(12-6-3-7-13-29)32-28(37)33-14-17-38-18-15-33/h8,11,16,20-23H,3-7,9-10,12-15,17-19H2,1-2H3,(H,30,35)(H,31,36)(H,32,37)/t21-,22+,23-/m0/s1. The van der Waals surface area contributed by atoms with E-state index in [0.29, 0.717) is 45.6 Å². The fraction of sp³-hybridized carbons (Fsp3) is 0.724. The summed E-state index contributed by atoms with van der Waals surface area (Å²) in [5, 5.41) is 8.87. The molecule has 1 aliphatic heterocycles. The van der Waals surface area contributed by atoms with Gasteiger partial charge < -0.3 is 30.0 Å². The topological polar surface area (TPSA) is 130 Å². The summed E-state index contributed by atoms with van der Waals surface area (Å²) in [5.41, 5.74) is -1.10. The molecule has 10 heteroatoms. The van der Waals surface area contributed by atoms with Crippen LogP contribution in [-0.4, -0.2) is 72.5 Å². The summed E-state index contributed by atoms with van der Waals surface area (Å²) in [4.78, 5) is 55.2. The fourth-order valence-corrected chi connectivity index (χ4v) is 6.16. The molecule has 3 N–H and O–H groups in total. The number of furan rings is 1. The van der Waals surface area contributed by atoms with E-state index in [-0.39, 0.29) is 29.8 Å². The molecule has 3 aliphatic rings. The van der Waals surface area contributed by atoms with Gasteiger partial charge in [0.05, 0.1) is 25.5 Å². The molecule has 2 heterocycles. The van der Waals surface area contributed by atoms with Crippen LogP contribution in [0.5, 0.6) is 0 Å². The molecule has 1 aromatic rings. The molecule has 2 aliphatic carbocycles. The second-order valence-electron chi connectivity index (χ2n) is 11.7. The third-order valence-corrected chi connectivity index (χ3v) is 8.33. The van der Waals surface area contributed by atoms with Gasteiger partial charge in [0.25, 0.3) is 5.91 Å². The van der Waals surface area contributed by atoms with E-state index in [1.807, 2.05) is 26.0 Å². The Morgan fingerprint density at radius 3 is 2.41 bits per heavy atom. The van der Waals surface area contributed by atoms with Crippen LogP contribution in [0, 0.1) is 5.92 Å². The normalized spacial score (nSPS) is 24.0. The van der Waals surface area contributed by atoms with Gasteiger partial charge in [-0.2, -0.15) is 0 Å². The minimum atomic E-state index is -1.10. The molecule has 4 amide bonds. The summed E-state index contributed by atoms with van der Waals surface area (Å²) in [5.74, 6) is -0.811. The first kappa shape index (κ1) is 29.1. The number of morpholine rings is 1. The van der Waals surface area contributed by atoms with Gasteiger partial charge >= 0.3 is 6.03 Å². The Hall–Kier alpha value is -2.88. The van der Waals surface area contributed by atoms with Gasteiger partial charge in [-0.05, 0) is 50.2 Å². The van der Waals surface area contributed by atoms with E-state index in [1.54, 1.807) is 11.2 Å². The molecule has 1 aromatic heterocycles. The molecule has 0 aromatic carbocycles. The Bertz CT molecular complexity index is 982. The van der Waals surface area contributed by atoms with Crippen LogP contribution >= 0.6 is 0 Å². The van der Waals surface area contributed by atoms with E-state index in [0.717, 1.165) is 50.7 Å². The lowest BCUT2D eigenvalue weighted by Gasteiger charge is -2.39. The van der Waals surface area contributed by atoms with Crippen LogP contribution in [0.3, 0.4) is 0 Å². The smallest absolute Gasteiger partial charge is 0.318 e. The van der Waals surface area contributed by atoms with Crippen molar-refractivity contribution in [2.75, 3.05) is 26.3 Å². The predicted molar refractivity (Wildman–Crippen MR) is 145 cm³/mol. The largest absolute Gasteiger partial charge is 0.469 e. The molecular weight excluding hydrogens is 500 g/mol. The highest BCUT2D eigenvalue weighted by Gasteiger charge is 2.44. The van der Waals surface area contributed by atoms with Crippen LogP contribution in [0.2, 0.25) is 0 Å². The molecule has 3 fully saturated rings. The van der Waals surface area contributed by atoms with Crippen LogP contribution < -0.4 is 16.0 Å². The van der Waals surface area contributed by atoms with E-state index in [1.165, 1.54) is 0 Å². The SMILES string of the molecule is CC(C)C[C@H](NC(=O)C1(NC(=O)N2CCOCC2)CCCCC1)C(=O)C(=O)N[C@@H]1CCCC[C@@H]1c1ccco1. The Morgan fingerprint density at radius 1 is 1.03 bits per heavy atom. The molecule has 3 atom stereocenters. The van der Waals surface area contributed by atoms with Gasteiger partial charge in [-0.3, -0.25) is 14.4 Å². The minimum Gasteiger partial charge on any atom is -0.469 e. The van der Waals surface area contributed by atoms with Crippen molar-refractivity contribution >= 4 is 23.6 Å². The summed E-state index contributed by atoms with van der Waals surface area (Å²) in [6, 6.07) is 2.28. The van der Waals surface area contributed by atoms with Crippen molar-refractivity contribution in [3.8, 4) is 0 Å². The number of nitrogens with zero attached hydrogens (tertiary/aromatic N) is 1. The monoisotopic (exact) mass is 544 g/mol. The number of amides is 4. The number of Topliss-reactive ketones (excluding diaryl/α,β-unsaturated/α-hetero) is 1. The fourth-order valence-electron chi connectivity index (χ4n) is 6.16. The first-order chi connectivity index (χ1) is 18.8. The zero-order chi connectivity index (χ0) is 27.8. The van der Waals surface area contributed by atoms with Gasteiger partial charge in [-0.25, -0.2) is 4.79 Å². The molecule has 0 unspecified atom stereocenters. The predicted octanol–water partition coefficient (Wildman–Crippen LogP) is 3.27. The second kappa shape index (κ2) is 13.5. The number of ketones is 1. The first-order valence-corrected chi connectivity index (χ1v) is 14.6. The Kier molecular flexibility index (Phi) is 10.0. The van der Waals surface area contributed by atoms with Crippen molar-refractivity contribution in [3.05, 3.63) is 24.2 Å². The maximum atomic E-state index is 13.8. The summed E-state index contributed by atoms with van der Waals surface area (Å²) >= 11 is 0. The van der Waals surface area contributed by atoms with Crippen LogP contribution in [0.25, 0.3) is 0 Å². The number of hydrogen-bond acceptors (Lipinski definition) is 6. The number of urea groups is 1. The maximum Gasteiger partial charge on any atom is 0.318 e. The second-order valence-corrected chi connectivity index (χ2v) is 11.7. The Balaban J connectivity index is 1.45. The quantitative estimate of drug-likeness (QED) is 0.409. The van der Waals surface area contributed by atoms with Gasteiger partial charge in [0, 0.05) is 25.0 Å². The Labute approximate surface area is 231 Å². The number of rotatable bonds is 9. The molecular formula is C29H44N4O6. The van der Waals surface area contributed by atoms with Gasteiger partial charge in [0.15, 0.2) is 0 Å². The van der Waals surface area contributed by atoms with E-state index in [9.17, 15) is 19.2 Å². The third kappa shape index (κ3) is 7.41. The zero-order valence-electron chi connectivity index (χ0n) is 23.3. The molecule has 0 bridgehead atoms. The summed E-state index contributed by atoms with van der Waals surface area (Å²) < 4.78 is 11.0. The van der Waals surface area contributed by atoms with Crippen molar-refractivity contribution in [2.45, 2.75) is 102 Å². The van der Waals surface area contributed by atoms with Crippen LogP contribution in [0.4, 0.5) is 4.79 Å². The number of hydrogen-bond donors (Lipinski definition) is 3. The summed E-state index contributed by atoms with van der Waals surface area (Å²) in [6.07, 6.45) is 9.19. The van der Waals surface area contributed by atoms with Crippen LogP contribution in [-0.2, 0) is 19.1 Å². The molecule has 0 radical (unpaired) electrons. The molecule has 216 valence electrons. The summed E-state index contributed by atoms with van der Waals surface area (Å²) in [7, 11) is 0. The van der Waals surface area contributed by atoms with Crippen molar-refractivity contribution < 1.29 is 28.3 Å². The third-order valence-electron chi connectivity index (χ3n) is 8.33. The van der Waals surface area contributed by atoms with Crippen LogP contribution in [0.1, 0.15) is 89.7 Å². The average Bonchev–Trinajstić information content (AvgIpc) is 3.48. The molecule has 39 heavy (non-hydrogen) atoms. The first-order valence-electron chi connectivity index (χ1n) is 14.6. The van der Waals surface area contributed by atoms with Gasteiger partial charge in [-0.1, -0.05) is 46.0 Å². The number of carbonyl (C=O) groups excluding carboxylic acids is 4.